The molecule has 5 nitrogen and oxygen atoms in total. The van der Waals surface area contributed by atoms with Crippen LogP contribution in [0.1, 0.15) is 11.4 Å². The number of hydrogen-bond donors (Lipinski definition) is 4. The van der Waals surface area contributed by atoms with Crippen LogP contribution >= 0.6 is 0 Å². The van der Waals surface area contributed by atoms with E-state index in [-0.39, 0.29) is 0 Å². The van der Waals surface area contributed by atoms with Crippen molar-refractivity contribution in [1.82, 2.24) is 20.3 Å². The standard InChI is InChI=1S/C18H14N4O/c1-2-13-8-15-5-6-17(21-15)18-22-16(10-23-18)9-14-4-3-12(20-14)7-11(1)19-13/h1-10,19-22H. The average Bonchev–Trinajstić information content (AvgIpc) is 3.28. The smallest absolute Gasteiger partial charge is 0.220 e. The summed E-state index contributed by atoms with van der Waals surface area (Å²) in [6.45, 7) is 0. The van der Waals surface area contributed by atoms with Crippen LogP contribution in [0.5, 0.6) is 0 Å². The third-order valence-corrected chi connectivity index (χ3v) is 3.91. The molecule has 0 atom stereocenters. The average molecular weight is 302 g/mol. The van der Waals surface area contributed by atoms with Gasteiger partial charge in [-0.05, 0) is 54.6 Å². The molecular weight excluding hydrogens is 288 g/mol. The molecule has 8 bridgehead atoms. The van der Waals surface area contributed by atoms with E-state index in [9.17, 15) is 0 Å². The fraction of sp³-hybridized carbons (Fsp3) is 0. The Morgan fingerprint density at radius 3 is 2.17 bits per heavy atom. The van der Waals surface area contributed by atoms with Crippen LogP contribution in [0.25, 0.3) is 24.1 Å². The van der Waals surface area contributed by atoms with E-state index in [0.717, 1.165) is 38.5 Å². The van der Waals surface area contributed by atoms with Gasteiger partial charge in [0.2, 0.25) is 5.88 Å². The highest BCUT2D eigenvalue weighted by molar-refractivity contribution is 5.56. The van der Waals surface area contributed by atoms with Gasteiger partial charge in [0.15, 0.2) is 0 Å². The van der Waals surface area contributed by atoms with E-state index in [4.69, 9.17) is 4.74 Å². The van der Waals surface area contributed by atoms with Crippen LogP contribution in [0, 0.1) is 0 Å². The van der Waals surface area contributed by atoms with Gasteiger partial charge >= 0.3 is 0 Å². The van der Waals surface area contributed by atoms with Gasteiger partial charge in [-0.3, -0.25) is 0 Å². The fourth-order valence-corrected chi connectivity index (χ4v) is 2.84. The summed E-state index contributed by atoms with van der Waals surface area (Å²) < 4.78 is 5.63. The minimum Gasteiger partial charge on any atom is -0.444 e. The van der Waals surface area contributed by atoms with Gasteiger partial charge in [0.05, 0.1) is 5.70 Å². The summed E-state index contributed by atoms with van der Waals surface area (Å²) in [7, 11) is 0. The van der Waals surface area contributed by atoms with Gasteiger partial charge in [0, 0.05) is 27.4 Å². The molecule has 2 aliphatic heterocycles. The Morgan fingerprint density at radius 1 is 0.652 bits per heavy atom. The molecule has 0 aliphatic carbocycles. The van der Waals surface area contributed by atoms with Crippen molar-refractivity contribution in [2.45, 2.75) is 0 Å². The number of hydrogen-bond acceptors (Lipinski definition) is 2. The number of H-pyrrole nitrogens is 3. The lowest BCUT2D eigenvalue weighted by Crippen LogP contribution is -2.20. The molecule has 0 saturated heterocycles. The highest BCUT2D eigenvalue weighted by Crippen LogP contribution is 2.09. The number of aromatic nitrogens is 3. The topological polar surface area (TPSA) is 68.6 Å². The summed E-state index contributed by atoms with van der Waals surface area (Å²) in [5.74, 6) is 0.705. The molecule has 0 aromatic carbocycles. The first-order valence-corrected chi connectivity index (χ1v) is 7.44. The van der Waals surface area contributed by atoms with Gasteiger partial charge in [-0.1, -0.05) is 0 Å². The van der Waals surface area contributed by atoms with Gasteiger partial charge in [-0.2, -0.15) is 0 Å². The van der Waals surface area contributed by atoms with Gasteiger partial charge in [0.1, 0.15) is 11.6 Å². The largest absolute Gasteiger partial charge is 0.444 e. The van der Waals surface area contributed by atoms with Crippen molar-refractivity contribution in [3.05, 3.63) is 81.1 Å². The van der Waals surface area contributed by atoms with Crippen LogP contribution in [0.15, 0.2) is 48.4 Å². The molecule has 4 N–H and O–H groups in total. The number of rotatable bonds is 0. The Morgan fingerprint density at radius 2 is 1.35 bits per heavy atom. The van der Waals surface area contributed by atoms with E-state index in [0.29, 0.717) is 5.88 Å². The van der Waals surface area contributed by atoms with Crippen molar-refractivity contribution in [1.29, 1.82) is 0 Å². The second-order valence-electron chi connectivity index (χ2n) is 5.64. The molecular formula is C18H14N4O. The molecule has 23 heavy (non-hydrogen) atoms. The molecule has 3 aromatic heterocycles. The molecule has 0 spiro atoms. The van der Waals surface area contributed by atoms with E-state index >= 15 is 0 Å². The first-order valence-electron chi connectivity index (χ1n) is 7.44. The second-order valence-corrected chi connectivity index (χ2v) is 5.64. The molecule has 0 radical (unpaired) electrons. The second kappa shape index (κ2) is 4.58. The maximum atomic E-state index is 5.63. The fourth-order valence-electron chi connectivity index (χ4n) is 2.84. The Labute approximate surface area is 131 Å². The van der Waals surface area contributed by atoms with Crippen molar-refractivity contribution in [3.63, 3.8) is 0 Å². The van der Waals surface area contributed by atoms with Crippen LogP contribution in [0.2, 0.25) is 0 Å². The third kappa shape index (κ3) is 2.19. The molecule has 0 saturated carbocycles. The molecule has 5 heteroatoms. The minimum absolute atomic E-state index is 0.705. The zero-order chi connectivity index (χ0) is 15.2. The van der Waals surface area contributed by atoms with Gasteiger partial charge in [-0.25, -0.2) is 0 Å². The van der Waals surface area contributed by atoms with Gasteiger partial charge in [0.25, 0.3) is 0 Å². The van der Waals surface area contributed by atoms with Crippen LogP contribution < -0.4 is 26.7 Å². The summed E-state index contributed by atoms with van der Waals surface area (Å²) in [5, 5.41) is 7.26. The quantitative estimate of drug-likeness (QED) is 0.458. The molecule has 5 heterocycles. The minimum atomic E-state index is 0.705. The van der Waals surface area contributed by atoms with E-state index < -0.39 is 0 Å². The first kappa shape index (κ1) is 12.2. The molecule has 0 amide bonds. The Kier molecular flexibility index (Phi) is 2.43. The van der Waals surface area contributed by atoms with Crippen LogP contribution in [-0.4, -0.2) is 15.0 Å². The highest BCUT2D eigenvalue weighted by atomic mass is 16.5. The van der Waals surface area contributed by atoms with Crippen LogP contribution in [0.3, 0.4) is 0 Å². The Balaban J connectivity index is 1.80. The van der Waals surface area contributed by atoms with E-state index in [1.165, 1.54) is 0 Å². The molecule has 2 aliphatic rings. The lowest BCUT2D eigenvalue weighted by atomic mass is 10.3. The molecule has 3 aromatic rings. The van der Waals surface area contributed by atoms with E-state index in [1.807, 2.05) is 24.3 Å². The van der Waals surface area contributed by atoms with Crippen LogP contribution in [0.4, 0.5) is 0 Å². The van der Waals surface area contributed by atoms with Gasteiger partial charge < -0.3 is 25.0 Å². The van der Waals surface area contributed by atoms with Crippen molar-refractivity contribution in [3.8, 4) is 0 Å². The van der Waals surface area contributed by atoms with Crippen LogP contribution in [-0.2, 0) is 4.74 Å². The third-order valence-electron chi connectivity index (χ3n) is 3.91. The summed E-state index contributed by atoms with van der Waals surface area (Å²) in [4.78, 5) is 10.1. The maximum Gasteiger partial charge on any atom is 0.220 e. The molecule has 5 rings (SSSR count). The number of aromatic amines is 3. The predicted molar refractivity (Wildman–Crippen MR) is 88.2 cm³/mol. The SMILES string of the molecule is C1=C2C=c3ccc([nH]3)=Cc3ccc([nH]3)C=c3ccc([nH]3)=C(N2)O1. The lowest BCUT2D eigenvalue weighted by Gasteiger charge is -1.97. The normalized spacial score (nSPS) is 15.1. The Bertz CT molecular complexity index is 1170. The van der Waals surface area contributed by atoms with Crippen molar-refractivity contribution in [2.75, 3.05) is 0 Å². The number of nitrogens with one attached hydrogen (secondary N) is 4. The maximum absolute atomic E-state index is 5.63. The zero-order valence-corrected chi connectivity index (χ0v) is 12.2. The predicted octanol–water partition coefficient (Wildman–Crippen LogP) is -0.350. The first-order chi connectivity index (χ1) is 11.3. The van der Waals surface area contributed by atoms with E-state index in [2.05, 4.69) is 50.6 Å². The summed E-state index contributed by atoms with van der Waals surface area (Å²) >= 11 is 0. The van der Waals surface area contributed by atoms with E-state index in [1.54, 1.807) is 6.26 Å². The van der Waals surface area contributed by atoms with Gasteiger partial charge in [-0.15, -0.1) is 0 Å². The highest BCUT2D eigenvalue weighted by Gasteiger charge is 2.09. The number of ether oxygens (including phenoxy) is 1. The monoisotopic (exact) mass is 302 g/mol. The zero-order valence-electron chi connectivity index (χ0n) is 12.2. The summed E-state index contributed by atoms with van der Waals surface area (Å²) in [6, 6.07) is 12.3. The molecule has 0 unspecified atom stereocenters. The van der Waals surface area contributed by atoms with Crippen molar-refractivity contribution in [2.24, 2.45) is 0 Å². The van der Waals surface area contributed by atoms with Crippen molar-refractivity contribution < 1.29 is 4.74 Å². The summed E-state index contributed by atoms with van der Waals surface area (Å²) in [6.07, 6.45) is 7.88. The number of fused-ring (bicyclic) bond motifs is 8. The lowest BCUT2D eigenvalue weighted by molar-refractivity contribution is 0.432. The molecule has 112 valence electrons. The number of allylic oxidation sites excluding steroid dienone is 1. The van der Waals surface area contributed by atoms with Crippen molar-refractivity contribution >= 4 is 24.1 Å². The molecule has 0 fully saturated rings. The Hall–Kier alpha value is -3.34. The summed E-state index contributed by atoms with van der Waals surface area (Å²) in [5.41, 5.74) is 3.01.